The van der Waals surface area contributed by atoms with Crippen molar-refractivity contribution in [3.63, 3.8) is 0 Å². The van der Waals surface area contributed by atoms with Gasteiger partial charge in [0.15, 0.2) is 0 Å². The van der Waals surface area contributed by atoms with Crippen molar-refractivity contribution in [2.75, 3.05) is 13.7 Å². The zero-order valence-electron chi connectivity index (χ0n) is 11.0. The summed E-state index contributed by atoms with van der Waals surface area (Å²) in [6, 6.07) is 1.09. The highest BCUT2D eigenvalue weighted by atomic mass is 32.2. The maximum absolute atomic E-state index is 12.1. The van der Waals surface area contributed by atoms with E-state index in [9.17, 15) is 13.2 Å². The van der Waals surface area contributed by atoms with Gasteiger partial charge in [-0.05, 0) is 17.4 Å². The van der Waals surface area contributed by atoms with Gasteiger partial charge in [-0.2, -0.15) is 0 Å². The third-order valence-electron chi connectivity index (χ3n) is 2.65. The smallest absolute Gasteiger partial charge is 0.349 e. The van der Waals surface area contributed by atoms with E-state index in [0.717, 1.165) is 11.3 Å². The van der Waals surface area contributed by atoms with Crippen LogP contribution >= 0.6 is 11.3 Å². The molecule has 0 saturated heterocycles. The van der Waals surface area contributed by atoms with Crippen molar-refractivity contribution < 1.29 is 17.9 Å². The Morgan fingerprint density at radius 2 is 2.16 bits per heavy atom. The van der Waals surface area contributed by atoms with Crippen molar-refractivity contribution in [3.05, 3.63) is 16.3 Å². The van der Waals surface area contributed by atoms with Gasteiger partial charge in [0.2, 0.25) is 10.0 Å². The highest BCUT2D eigenvalue weighted by Crippen LogP contribution is 2.22. The van der Waals surface area contributed by atoms with Crippen LogP contribution in [0.4, 0.5) is 0 Å². The lowest BCUT2D eigenvalue weighted by atomic mass is 10.1. The Labute approximate surface area is 117 Å². The summed E-state index contributed by atoms with van der Waals surface area (Å²) in [5, 5.41) is 1.53. The number of methoxy groups -OCH3 is 1. The highest BCUT2D eigenvalue weighted by Gasteiger charge is 2.25. The zero-order valence-corrected chi connectivity index (χ0v) is 12.7. The summed E-state index contributed by atoms with van der Waals surface area (Å²) in [6.07, 6.45) is 0. The van der Waals surface area contributed by atoms with E-state index in [1.54, 1.807) is 0 Å². The van der Waals surface area contributed by atoms with E-state index in [4.69, 9.17) is 5.73 Å². The van der Waals surface area contributed by atoms with Crippen LogP contribution in [0.5, 0.6) is 0 Å². The minimum absolute atomic E-state index is 0.0631. The first-order chi connectivity index (χ1) is 8.79. The van der Waals surface area contributed by atoms with Gasteiger partial charge in [0.1, 0.15) is 9.77 Å². The van der Waals surface area contributed by atoms with Gasteiger partial charge in [0, 0.05) is 12.6 Å². The molecule has 1 heterocycles. The number of hydrogen-bond acceptors (Lipinski definition) is 6. The Kier molecular flexibility index (Phi) is 5.48. The van der Waals surface area contributed by atoms with Crippen molar-refractivity contribution in [3.8, 4) is 0 Å². The number of hydrogen-bond donors (Lipinski definition) is 2. The Morgan fingerprint density at radius 3 is 2.68 bits per heavy atom. The van der Waals surface area contributed by atoms with Gasteiger partial charge < -0.3 is 10.5 Å². The Bertz CT molecular complexity index is 537. The van der Waals surface area contributed by atoms with Gasteiger partial charge in [0.25, 0.3) is 0 Å². The van der Waals surface area contributed by atoms with Crippen LogP contribution < -0.4 is 10.5 Å². The van der Waals surface area contributed by atoms with Crippen molar-refractivity contribution in [2.45, 2.75) is 24.8 Å². The number of esters is 1. The summed E-state index contributed by atoms with van der Waals surface area (Å²) in [4.78, 5) is 11.5. The predicted octanol–water partition coefficient (Wildman–Crippen LogP) is 0.796. The van der Waals surface area contributed by atoms with Gasteiger partial charge >= 0.3 is 5.97 Å². The number of carbonyl (C=O) groups excluding carboxylic acids is 1. The molecule has 8 heteroatoms. The summed E-state index contributed by atoms with van der Waals surface area (Å²) >= 11 is 1.02. The van der Waals surface area contributed by atoms with Crippen LogP contribution in [0, 0.1) is 5.92 Å². The molecule has 0 radical (unpaired) electrons. The van der Waals surface area contributed by atoms with Crippen LogP contribution in [0.25, 0.3) is 0 Å². The molecule has 0 aromatic carbocycles. The second-order valence-corrected chi connectivity index (χ2v) is 7.02. The van der Waals surface area contributed by atoms with Gasteiger partial charge in [-0.1, -0.05) is 13.8 Å². The largest absolute Gasteiger partial charge is 0.465 e. The number of nitrogens with one attached hydrogen (secondary N) is 1. The van der Waals surface area contributed by atoms with E-state index < -0.39 is 16.0 Å². The Balaban J connectivity index is 2.90. The van der Waals surface area contributed by atoms with E-state index in [1.165, 1.54) is 18.6 Å². The summed E-state index contributed by atoms with van der Waals surface area (Å²) in [5.74, 6) is -0.506. The van der Waals surface area contributed by atoms with E-state index >= 15 is 0 Å². The summed E-state index contributed by atoms with van der Waals surface area (Å²) in [6.45, 7) is 3.93. The van der Waals surface area contributed by atoms with Crippen LogP contribution in [0.15, 0.2) is 16.3 Å². The predicted molar refractivity (Wildman–Crippen MR) is 73.7 cm³/mol. The number of carbonyl (C=O) groups is 1. The molecule has 1 atom stereocenters. The molecule has 19 heavy (non-hydrogen) atoms. The fourth-order valence-corrected chi connectivity index (χ4v) is 3.68. The second kappa shape index (κ2) is 6.47. The lowest BCUT2D eigenvalue weighted by Gasteiger charge is -2.16. The molecule has 1 rings (SSSR count). The summed E-state index contributed by atoms with van der Waals surface area (Å²) in [5.41, 5.74) is 5.79. The minimum atomic E-state index is -3.75. The highest BCUT2D eigenvalue weighted by molar-refractivity contribution is 7.89. The SMILES string of the molecule is COC(=O)c1sccc1S(=O)(=O)NCC(N)C(C)C. The van der Waals surface area contributed by atoms with Crippen LogP contribution in [0.1, 0.15) is 23.5 Å². The molecule has 0 aliphatic carbocycles. The summed E-state index contributed by atoms with van der Waals surface area (Å²) in [7, 11) is -2.54. The lowest BCUT2D eigenvalue weighted by Crippen LogP contribution is -2.40. The average molecular weight is 306 g/mol. The van der Waals surface area contributed by atoms with E-state index in [0.29, 0.717) is 0 Å². The molecule has 0 spiro atoms. The maximum Gasteiger partial charge on any atom is 0.349 e. The molecule has 0 amide bonds. The maximum atomic E-state index is 12.1. The minimum Gasteiger partial charge on any atom is -0.465 e. The fraction of sp³-hybridized carbons (Fsp3) is 0.545. The third kappa shape index (κ3) is 4.00. The van der Waals surface area contributed by atoms with Crippen molar-refractivity contribution in [1.82, 2.24) is 4.72 Å². The van der Waals surface area contributed by atoms with Crippen LogP contribution in [0.2, 0.25) is 0 Å². The molecule has 1 aromatic heterocycles. The molecule has 0 aliphatic heterocycles. The average Bonchev–Trinajstić information content (AvgIpc) is 2.84. The van der Waals surface area contributed by atoms with Crippen LogP contribution in [-0.2, 0) is 14.8 Å². The van der Waals surface area contributed by atoms with Crippen LogP contribution in [0.3, 0.4) is 0 Å². The van der Waals surface area contributed by atoms with Gasteiger partial charge in [-0.25, -0.2) is 17.9 Å². The van der Waals surface area contributed by atoms with Crippen molar-refractivity contribution >= 4 is 27.3 Å². The van der Waals surface area contributed by atoms with Gasteiger partial charge in [-0.3, -0.25) is 0 Å². The molecule has 0 bridgehead atoms. The number of ether oxygens (including phenoxy) is 1. The standard InChI is InChI=1S/C11H18N2O4S2/c1-7(2)8(12)6-13-19(15,16)9-4-5-18-10(9)11(14)17-3/h4-5,7-8,13H,6,12H2,1-3H3. The first-order valence-electron chi connectivity index (χ1n) is 5.70. The number of rotatable bonds is 6. The molecule has 108 valence electrons. The molecule has 0 aliphatic rings. The molecular formula is C11H18N2O4S2. The number of nitrogens with two attached hydrogens (primary N) is 1. The van der Waals surface area contributed by atoms with Crippen LogP contribution in [-0.4, -0.2) is 34.1 Å². The fourth-order valence-electron chi connectivity index (χ4n) is 1.27. The molecule has 0 fully saturated rings. The molecule has 6 nitrogen and oxygen atoms in total. The van der Waals surface area contributed by atoms with Crippen molar-refractivity contribution in [2.24, 2.45) is 11.7 Å². The molecule has 3 N–H and O–H groups in total. The lowest BCUT2D eigenvalue weighted by molar-refractivity contribution is 0.0602. The number of sulfonamides is 1. The third-order valence-corrected chi connectivity index (χ3v) is 5.14. The molecule has 1 unspecified atom stereocenters. The summed E-state index contributed by atoms with van der Waals surface area (Å²) < 4.78 is 31.1. The first kappa shape index (κ1) is 16.1. The topological polar surface area (TPSA) is 98.5 Å². The first-order valence-corrected chi connectivity index (χ1v) is 8.07. The second-order valence-electron chi connectivity index (χ2n) is 4.37. The Morgan fingerprint density at radius 1 is 1.53 bits per heavy atom. The monoisotopic (exact) mass is 306 g/mol. The van der Waals surface area contributed by atoms with Crippen molar-refractivity contribution in [1.29, 1.82) is 0 Å². The molecule has 0 saturated carbocycles. The van der Waals surface area contributed by atoms with Gasteiger partial charge in [0.05, 0.1) is 7.11 Å². The Hall–Kier alpha value is -0.960. The number of thiophene rings is 1. The van der Waals surface area contributed by atoms with E-state index in [1.807, 2.05) is 13.8 Å². The quantitative estimate of drug-likeness (QED) is 0.757. The molecular weight excluding hydrogens is 288 g/mol. The van der Waals surface area contributed by atoms with E-state index in [-0.39, 0.29) is 28.3 Å². The normalized spacial score (nSPS) is 13.5. The van der Waals surface area contributed by atoms with E-state index in [2.05, 4.69) is 9.46 Å². The van der Waals surface area contributed by atoms with Gasteiger partial charge in [-0.15, -0.1) is 11.3 Å². The zero-order chi connectivity index (χ0) is 14.6. The molecule has 1 aromatic rings.